The number of rotatable bonds is 5. The second-order valence-corrected chi connectivity index (χ2v) is 7.89. The highest BCUT2D eigenvalue weighted by Crippen LogP contribution is 2.14. The molecule has 1 aliphatic heterocycles. The van der Waals surface area contributed by atoms with Crippen LogP contribution in [0.2, 0.25) is 0 Å². The van der Waals surface area contributed by atoms with E-state index < -0.39 is 0 Å². The lowest BCUT2D eigenvalue weighted by Crippen LogP contribution is -2.38. The van der Waals surface area contributed by atoms with Crippen LogP contribution < -0.4 is 0 Å². The van der Waals surface area contributed by atoms with Gasteiger partial charge >= 0.3 is 0 Å². The van der Waals surface area contributed by atoms with Gasteiger partial charge in [0.2, 0.25) is 11.8 Å². The third-order valence-electron chi connectivity index (χ3n) is 4.80. The summed E-state index contributed by atoms with van der Waals surface area (Å²) in [5, 5.41) is 2.05. The van der Waals surface area contributed by atoms with Crippen molar-refractivity contribution < 1.29 is 9.59 Å². The Balaban J connectivity index is 1.49. The normalized spacial score (nSPS) is 15.0. The number of aryl methyl sites for hydroxylation is 2. The van der Waals surface area contributed by atoms with E-state index in [9.17, 15) is 9.59 Å². The van der Waals surface area contributed by atoms with Crippen LogP contribution in [0, 0.1) is 6.92 Å². The summed E-state index contributed by atoms with van der Waals surface area (Å²) in [6.07, 6.45) is 2.65. The van der Waals surface area contributed by atoms with E-state index in [0.29, 0.717) is 25.9 Å². The van der Waals surface area contributed by atoms with Gasteiger partial charge in [-0.05, 0) is 36.8 Å². The summed E-state index contributed by atoms with van der Waals surface area (Å²) in [7, 11) is 0. The van der Waals surface area contributed by atoms with Gasteiger partial charge in [0.05, 0.1) is 6.42 Å². The number of amides is 2. The van der Waals surface area contributed by atoms with E-state index >= 15 is 0 Å². The molecule has 4 nitrogen and oxygen atoms in total. The number of hydrogen-bond donors (Lipinski definition) is 0. The van der Waals surface area contributed by atoms with Crippen molar-refractivity contribution in [3.05, 3.63) is 57.8 Å². The molecule has 5 heteroatoms. The molecule has 0 N–H and O–H groups in total. The lowest BCUT2D eigenvalue weighted by molar-refractivity contribution is -0.133. The van der Waals surface area contributed by atoms with Crippen LogP contribution in [-0.4, -0.2) is 47.8 Å². The van der Waals surface area contributed by atoms with Crippen LogP contribution >= 0.6 is 11.3 Å². The van der Waals surface area contributed by atoms with E-state index in [0.717, 1.165) is 31.5 Å². The monoisotopic (exact) mass is 370 g/mol. The fourth-order valence-electron chi connectivity index (χ4n) is 3.37. The van der Waals surface area contributed by atoms with Crippen LogP contribution in [0.1, 0.15) is 28.8 Å². The van der Waals surface area contributed by atoms with E-state index in [4.69, 9.17) is 0 Å². The molecule has 0 aliphatic carbocycles. The number of benzene rings is 1. The standard InChI is InChI=1S/C21H26N2O2S/c1-17-5-2-6-18(15-17)16-21(25)23-11-4-10-22(12-13-23)20(24)9-8-19-7-3-14-26-19/h2-3,5-7,14-15H,4,8-13,16H2,1H3. The fraction of sp³-hybridized carbons (Fsp3) is 0.429. The molecule has 1 saturated heterocycles. The van der Waals surface area contributed by atoms with E-state index in [-0.39, 0.29) is 11.8 Å². The Bertz CT molecular complexity index is 742. The quantitative estimate of drug-likeness (QED) is 0.810. The fourth-order valence-corrected chi connectivity index (χ4v) is 4.08. The molecule has 1 aromatic heterocycles. The summed E-state index contributed by atoms with van der Waals surface area (Å²) in [5.74, 6) is 0.356. The van der Waals surface area contributed by atoms with E-state index in [1.165, 1.54) is 10.4 Å². The zero-order valence-corrected chi connectivity index (χ0v) is 16.1. The Kier molecular flexibility index (Phi) is 6.45. The van der Waals surface area contributed by atoms with E-state index in [1.807, 2.05) is 46.4 Å². The van der Waals surface area contributed by atoms with Gasteiger partial charge < -0.3 is 9.80 Å². The Morgan fingerprint density at radius 1 is 1.00 bits per heavy atom. The second-order valence-electron chi connectivity index (χ2n) is 6.86. The molecule has 0 saturated carbocycles. The Labute approximate surface area is 159 Å². The van der Waals surface area contributed by atoms with Crippen molar-refractivity contribution in [2.75, 3.05) is 26.2 Å². The van der Waals surface area contributed by atoms with Gasteiger partial charge in [0, 0.05) is 37.5 Å². The van der Waals surface area contributed by atoms with Gasteiger partial charge in [0.1, 0.15) is 0 Å². The highest BCUT2D eigenvalue weighted by molar-refractivity contribution is 7.09. The SMILES string of the molecule is Cc1cccc(CC(=O)N2CCCN(C(=O)CCc3cccs3)CC2)c1. The van der Waals surface area contributed by atoms with Crippen LogP contribution in [-0.2, 0) is 22.4 Å². The van der Waals surface area contributed by atoms with Crippen molar-refractivity contribution >= 4 is 23.2 Å². The Hall–Kier alpha value is -2.14. The zero-order valence-electron chi connectivity index (χ0n) is 15.3. The summed E-state index contributed by atoms with van der Waals surface area (Å²) < 4.78 is 0. The average Bonchev–Trinajstić information content (AvgIpc) is 3.02. The maximum Gasteiger partial charge on any atom is 0.227 e. The number of carbonyl (C=O) groups is 2. The molecule has 0 radical (unpaired) electrons. The van der Waals surface area contributed by atoms with Crippen LogP contribution in [0.25, 0.3) is 0 Å². The lowest BCUT2D eigenvalue weighted by Gasteiger charge is -2.22. The highest BCUT2D eigenvalue weighted by Gasteiger charge is 2.22. The summed E-state index contributed by atoms with van der Waals surface area (Å²) in [6.45, 7) is 4.80. The number of nitrogens with zero attached hydrogens (tertiary/aromatic N) is 2. The lowest BCUT2D eigenvalue weighted by atomic mass is 10.1. The predicted molar refractivity (Wildman–Crippen MR) is 105 cm³/mol. The molecule has 2 heterocycles. The number of hydrogen-bond acceptors (Lipinski definition) is 3. The van der Waals surface area contributed by atoms with Crippen LogP contribution in [0.15, 0.2) is 41.8 Å². The summed E-state index contributed by atoms with van der Waals surface area (Å²) >= 11 is 1.70. The van der Waals surface area contributed by atoms with Gasteiger partial charge in [-0.3, -0.25) is 9.59 Å². The molecule has 1 aliphatic rings. The van der Waals surface area contributed by atoms with Gasteiger partial charge in [-0.1, -0.05) is 35.9 Å². The van der Waals surface area contributed by atoms with Gasteiger partial charge in [0.25, 0.3) is 0 Å². The van der Waals surface area contributed by atoms with Crippen molar-refractivity contribution in [1.29, 1.82) is 0 Å². The molecule has 1 aromatic carbocycles. The summed E-state index contributed by atoms with van der Waals surface area (Å²) in [5.41, 5.74) is 2.23. The third kappa shape index (κ3) is 5.18. The minimum Gasteiger partial charge on any atom is -0.341 e. The van der Waals surface area contributed by atoms with E-state index in [2.05, 4.69) is 12.1 Å². The molecule has 0 atom stereocenters. The first-order chi connectivity index (χ1) is 12.6. The van der Waals surface area contributed by atoms with Gasteiger partial charge in [0.15, 0.2) is 0 Å². The van der Waals surface area contributed by atoms with Crippen LogP contribution in [0.4, 0.5) is 0 Å². The second kappa shape index (κ2) is 8.99. The Morgan fingerprint density at radius 3 is 2.46 bits per heavy atom. The molecule has 138 valence electrons. The van der Waals surface area contributed by atoms with E-state index in [1.54, 1.807) is 11.3 Å². The van der Waals surface area contributed by atoms with Crippen LogP contribution in [0.3, 0.4) is 0 Å². The molecular weight excluding hydrogens is 344 g/mol. The Morgan fingerprint density at radius 2 is 1.77 bits per heavy atom. The molecular formula is C21H26N2O2S. The molecule has 0 bridgehead atoms. The highest BCUT2D eigenvalue weighted by atomic mass is 32.1. The molecule has 1 fully saturated rings. The van der Waals surface area contributed by atoms with Crippen LogP contribution in [0.5, 0.6) is 0 Å². The van der Waals surface area contributed by atoms with Crippen molar-refractivity contribution in [1.82, 2.24) is 9.80 Å². The number of thiophene rings is 1. The molecule has 26 heavy (non-hydrogen) atoms. The maximum atomic E-state index is 12.6. The maximum absolute atomic E-state index is 12.6. The first kappa shape index (κ1) is 18.6. The smallest absolute Gasteiger partial charge is 0.227 e. The average molecular weight is 371 g/mol. The minimum atomic E-state index is 0.156. The van der Waals surface area contributed by atoms with Gasteiger partial charge in [-0.2, -0.15) is 0 Å². The van der Waals surface area contributed by atoms with Crippen molar-refractivity contribution in [3.63, 3.8) is 0 Å². The molecule has 2 amide bonds. The third-order valence-corrected chi connectivity index (χ3v) is 5.74. The van der Waals surface area contributed by atoms with Crippen molar-refractivity contribution in [3.8, 4) is 0 Å². The molecule has 0 unspecified atom stereocenters. The first-order valence-electron chi connectivity index (χ1n) is 9.25. The largest absolute Gasteiger partial charge is 0.341 e. The molecule has 0 spiro atoms. The predicted octanol–water partition coefficient (Wildman–Crippen LogP) is 3.29. The zero-order chi connectivity index (χ0) is 18.4. The van der Waals surface area contributed by atoms with Crippen molar-refractivity contribution in [2.45, 2.75) is 32.6 Å². The topological polar surface area (TPSA) is 40.6 Å². The van der Waals surface area contributed by atoms with Gasteiger partial charge in [-0.15, -0.1) is 11.3 Å². The first-order valence-corrected chi connectivity index (χ1v) is 10.1. The molecule has 2 aromatic rings. The minimum absolute atomic E-state index is 0.156. The summed E-state index contributed by atoms with van der Waals surface area (Å²) in [4.78, 5) is 30.2. The number of carbonyl (C=O) groups excluding carboxylic acids is 2. The summed E-state index contributed by atoms with van der Waals surface area (Å²) in [6, 6.07) is 12.2. The van der Waals surface area contributed by atoms with Crippen molar-refractivity contribution in [2.24, 2.45) is 0 Å². The molecule has 3 rings (SSSR count). The van der Waals surface area contributed by atoms with Gasteiger partial charge in [-0.25, -0.2) is 0 Å².